The van der Waals surface area contributed by atoms with E-state index >= 15 is 0 Å². The van der Waals surface area contributed by atoms with E-state index in [-0.39, 0.29) is 0 Å². The number of nitrogens with zero attached hydrogens (tertiary/aromatic N) is 1. The Morgan fingerprint density at radius 2 is 0.966 bits per heavy atom. The molecular weight excluding hydrogens is 350 g/mol. The summed E-state index contributed by atoms with van der Waals surface area (Å²) >= 11 is 0. The van der Waals surface area contributed by atoms with Gasteiger partial charge in [0.25, 0.3) is 0 Å². The van der Waals surface area contributed by atoms with Gasteiger partial charge in [0.2, 0.25) is 0 Å². The summed E-state index contributed by atoms with van der Waals surface area (Å²) in [6.45, 7) is 4.61. The zero-order valence-electron chi connectivity index (χ0n) is 20.0. The first-order valence-corrected chi connectivity index (χ1v) is 13.3. The second kappa shape index (κ2) is 20.4. The van der Waals surface area contributed by atoms with Crippen LogP contribution >= 0.6 is 0 Å². The van der Waals surface area contributed by atoms with E-state index in [1.165, 1.54) is 134 Å². The number of aromatic nitrogens is 1. The van der Waals surface area contributed by atoms with Gasteiger partial charge in [0, 0.05) is 12.4 Å². The maximum Gasteiger partial charge on any atom is 0.0270 e. The molecule has 1 nitrogen and oxygen atoms in total. The molecule has 0 aliphatic carbocycles. The third-order valence-electron chi connectivity index (χ3n) is 6.52. The van der Waals surface area contributed by atoms with Crippen molar-refractivity contribution in [1.82, 2.24) is 4.98 Å². The Balaban J connectivity index is 2.17. The molecule has 29 heavy (non-hydrogen) atoms. The molecule has 0 saturated carbocycles. The van der Waals surface area contributed by atoms with Crippen molar-refractivity contribution in [2.45, 2.75) is 142 Å². The van der Waals surface area contributed by atoms with Crippen molar-refractivity contribution in [2.75, 3.05) is 0 Å². The topological polar surface area (TPSA) is 12.9 Å². The van der Waals surface area contributed by atoms with Crippen LogP contribution in [-0.4, -0.2) is 4.98 Å². The molecule has 1 heterocycles. The second-order valence-corrected chi connectivity index (χ2v) is 9.29. The predicted molar refractivity (Wildman–Crippen MR) is 131 cm³/mol. The third kappa shape index (κ3) is 16.6. The molecule has 1 rings (SSSR count). The molecule has 0 spiro atoms. The monoisotopic (exact) mass is 401 g/mol. The van der Waals surface area contributed by atoms with E-state index in [4.69, 9.17) is 0 Å². The fourth-order valence-corrected chi connectivity index (χ4v) is 4.49. The van der Waals surface area contributed by atoms with E-state index in [0.717, 1.165) is 5.92 Å². The maximum absolute atomic E-state index is 4.17. The summed E-state index contributed by atoms with van der Waals surface area (Å²) in [6, 6.07) is 4.40. The smallest absolute Gasteiger partial charge is 0.0270 e. The molecule has 0 N–H and O–H groups in total. The van der Waals surface area contributed by atoms with Crippen LogP contribution in [0.4, 0.5) is 0 Å². The Labute approximate surface area is 183 Å². The van der Waals surface area contributed by atoms with Crippen LogP contribution in [-0.2, 0) is 6.42 Å². The Kier molecular flexibility index (Phi) is 18.4. The van der Waals surface area contributed by atoms with Gasteiger partial charge in [-0.3, -0.25) is 4.98 Å². The first-order chi connectivity index (χ1) is 14.4. The minimum atomic E-state index is 0.934. The minimum Gasteiger partial charge on any atom is -0.265 e. The first-order valence-electron chi connectivity index (χ1n) is 13.3. The molecule has 0 unspecified atom stereocenters. The van der Waals surface area contributed by atoms with Gasteiger partial charge < -0.3 is 0 Å². The number of hydrogen-bond acceptors (Lipinski definition) is 1. The second-order valence-electron chi connectivity index (χ2n) is 9.29. The zero-order valence-corrected chi connectivity index (χ0v) is 20.0. The summed E-state index contributed by atoms with van der Waals surface area (Å²) in [7, 11) is 0. The Morgan fingerprint density at radius 1 is 0.552 bits per heavy atom. The van der Waals surface area contributed by atoms with Crippen LogP contribution in [0.15, 0.2) is 24.5 Å². The average Bonchev–Trinajstić information content (AvgIpc) is 2.75. The van der Waals surface area contributed by atoms with Crippen molar-refractivity contribution < 1.29 is 0 Å². The summed E-state index contributed by atoms with van der Waals surface area (Å²) in [4.78, 5) is 4.17. The lowest BCUT2D eigenvalue weighted by Gasteiger charge is -2.17. The van der Waals surface area contributed by atoms with E-state index < -0.39 is 0 Å². The van der Waals surface area contributed by atoms with Crippen molar-refractivity contribution >= 4 is 0 Å². The lowest BCUT2D eigenvalue weighted by atomic mass is 9.89. The summed E-state index contributed by atoms with van der Waals surface area (Å²) in [6.07, 6.45) is 32.4. The van der Waals surface area contributed by atoms with Crippen LogP contribution < -0.4 is 0 Å². The largest absolute Gasteiger partial charge is 0.265 e. The van der Waals surface area contributed by atoms with Crippen molar-refractivity contribution in [3.63, 3.8) is 0 Å². The van der Waals surface area contributed by atoms with Gasteiger partial charge in [0.1, 0.15) is 0 Å². The molecule has 0 saturated heterocycles. The Morgan fingerprint density at radius 3 is 1.41 bits per heavy atom. The molecular formula is C28H51N. The maximum atomic E-state index is 4.17. The molecule has 1 heteroatoms. The van der Waals surface area contributed by atoms with E-state index in [1.54, 1.807) is 0 Å². The molecule has 0 fully saturated rings. The summed E-state index contributed by atoms with van der Waals surface area (Å²) < 4.78 is 0. The van der Waals surface area contributed by atoms with E-state index in [9.17, 15) is 0 Å². The number of pyridine rings is 1. The van der Waals surface area contributed by atoms with Crippen molar-refractivity contribution in [2.24, 2.45) is 5.92 Å². The van der Waals surface area contributed by atoms with Crippen molar-refractivity contribution in [3.8, 4) is 0 Å². The predicted octanol–water partition coefficient (Wildman–Crippen LogP) is 9.69. The van der Waals surface area contributed by atoms with Gasteiger partial charge in [0.05, 0.1) is 0 Å². The molecule has 0 aliphatic heterocycles. The highest BCUT2D eigenvalue weighted by Gasteiger charge is 2.09. The molecule has 0 atom stereocenters. The highest BCUT2D eigenvalue weighted by molar-refractivity contribution is 5.09. The van der Waals surface area contributed by atoms with E-state index in [1.807, 2.05) is 12.4 Å². The average molecular weight is 402 g/mol. The summed E-state index contributed by atoms with van der Waals surface area (Å²) in [5, 5.41) is 0. The molecule has 1 aromatic rings. The summed E-state index contributed by atoms with van der Waals surface area (Å²) in [5.41, 5.74) is 1.47. The van der Waals surface area contributed by atoms with Crippen LogP contribution in [0.1, 0.15) is 141 Å². The van der Waals surface area contributed by atoms with Crippen LogP contribution in [0.5, 0.6) is 0 Å². The fourth-order valence-electron chi connectivity index (χ4n) is 4.49. The van der Waals surface area contributed by atoms with Gasteiger partial charge in [-0.05, 0) is 36.5 Å². The highest BCUT2D eigenvalue weighted by atomic mass is 14.6. The lowest BCUT2D eigenvalue weighted by molar-refractivity contribution is 0.380. The van der Waals surface area contributed by atoms with Gasteiger partial charge in [-0.15, -0.1) is 0 Å². The van der Waals surface area contributed by atoms with Crippen LogP contribution in [0, 0.1) is 5.92 Å². The lowest BCUT2D eigenvalue weighted by Crippen LogP contribution is -2.03. The normalized spacial score (nSPS) is 11.4. The molecule has 168 valence electrons. The Bertz CT molecular complexity index is 407. The minimum absolute atomic E-state index is 0.934. The van der Waals surface area contributed by atoms with Crippen LogP contribution in [0.25, 0.3) is 0 Å². The number of unbranched alkanes of at least 4 members (excludes halogenated alkanes) is 14. The number of hydrogen-bond donors (Lipinski definition) is 0. The quantitative estimate of drug-likeness (QED) is 0.187. The number of rotatable bonds is 21. The van der Waals surface area contributed by atoms with Gasteiger partial charge in [-0.25, -0.2) is 0 Å². The standard InChI is InChI=1S/C28H51N/c1-3-5-7-9-11-13-15-17-19-27(21-22-28-23-25-29-26-24-28)20-18-16-14-12-10-8-6-4-2/h23-27H,3-22H2,1-2H3. The fraction of sp³-hybridized carbons (Fsp3) is 0.821. The molecule has 0 radical (unpaired) electrons. The van der Waals surface area contributed by atoms with E-state index in [0.29, 0.717) is 0 Å². The SMILES string of the molecule is CCCCCCCCCCC(CCCCCCCCCC)CCc1ccncc1. The van der Waals surface area contributed by atoms with Gasteiger partial charge >= 0.3 is 0 Å². The molecule has 0 amide bonds. The Hall–Kier alpha value is -0.850. The van der Waals surface area contributed by atoms with Gasteiger partial charge in [-0.2, -0.15) is 0 Å². The molecule has 0 bridgehead atoms. The third-order valence-corrected chi connectivity index (χ3v) is 6.52. The van der Waals surface area contributed by atoms with Crippen LogP contribution in [0.2, 0.25) is 0 Å². The summed E-state index contributed by atoms with van der Waals surface area (Å²) in [5.74, 6) is 0.934. The van der Waals surface area contributed by atoms with Gasteiger partial charge in [-0.1, -0.05) is 129 Å². The molecule has 0 aromatic carbocycles. The van der Waals surface area contributed by atoms with Crippen molar-refractivity contribution in [1.29, 1.82) is 0 Å². The highest BCUT2D eigenvalue weighted by Crippen LogP contribution is 2.24. The molecule has 1 aromatic heterocycles. The van der Waals surface area contributed by atoms with Gasteiger partial charge in [0.15, 0.2) is 0 Å². The molecule has 0 aliphatic rings. The van der Waals surface area contributed by atoms with Crippen molar-refractivity contribution in [3.05, 3.63) is 30.1 Å². The van der Waals surface area contributed by atoms with Crippen LogP contribution in [0.3, 0.4) is 0 Å². The number of aryl methyl sites for hydroxylation is 1. The van der Waals surface area contributed by atoms with E-state index in [2.05, 4.69) is 31.0 Å². The first kappa shape index (κ1) is 26.2. The zero-order chi connectivity index (χ0) is 20.8.